The smallest absolute Gasteiger partial charge is 0.435 e. The van der Waals surface area contributed by atoms with Crippen molar-refractivity contribution in [3.8, 4) is 39.7 Å². The third-order valence-corrected chi connectivity index (χ3v) is 9.44. The van der Waals surface area contributed by atoms with Crippen molar-refractivity contribution in [2.24, 2.45) is 7.05 Å². The van der Waals surface area contributed by atoms with Gasteiger partial charge in [0.2, 0.25) is 0 Å². The van der Waals surface area contributed by atoms with Crippen LogP contribution in [0.4, 0.5) is 0 Å². The van der Waals surface area contributed by atoms with E-state index in [-0.39, 0.29) is 31.9 Å². The molecule has 0 amide bonds. The Morgan fingerprint density at radius 1 is 0.633 bits per heavy atom. The molecule has 0 spiro atoms. The molecule has 0 saturated carbocycles. The van der Waals surface area contributed by atoms with Crippen LogP contribution >= 0.6 is 0 Å². The fourth-order valence-corrected chi connectivity index (χ4v) is 6.63. The predicted octanol–water partition coefficient (Wildman–Crippen LogP) is 10.4. The molecule has 0 aliphatic carbocycles. The Hall–Kier alpha value is -4.73. The molecule has 6 heteroatoms. The number of hydrogen-bond acceptors (Lipinski definition) is 2. The summed E-state index contributed by atoms with van der Waals surface area (Å²) in [7, 11) is 2.08. The van der Waals surface area contributed by atoms with Crippen molar-refractivity contribution in [2.45, 2.75) is 52.4 Å². The van der Waals surface area contributed by atoms with Crippen molar-refractivity contribution in [1.82, 2.24) is 24.1 Å². The minimum Gasteiger partial charge on any atom is -0.435 e. The molecule has 4 heterocycles. The van der Waals surface area contributed by atoms with Gasteiger partial charge in [-0.25, -0.2) is 0 Å². The maximum atomic E-state index is 5.42. The van der Waals surface area contributed by atoms with Crippen molar-refractivity contribution < 1.29 is 21.1 Å². The molecule has 0 radical (unpaired) electrons. The largest absolute Gasteiger partial charge is 2.00 e. The summed E-state index contributed by atoms with van der Waals surface area (Å²) < 4.78 is 4.37. The number of fused-ring (bicyclic) bond motifs is 4. The molecule has 0 bridgehead atoms. The molecule has 246 valence electrons. The van der Waals surface area contributed by atoms with Crippen LogP contribution in [-0.4, -0.2) is 19.1 Å². The van der Waals surface area contributed by atoms with E-state index in [1.807, 2.05) is 12.1 Å². The van der Waals surface area contributed by atoms with Gasteiger partial charge < -0.3 is 14.1 Å². The van der Waals surface area contributed by atoms with Crippen LogP contribution in [0.1, 0.15) is 52.7 Å². The van der Waals surface area contributed by atoms with Gasteiger partial charge >= 0.3 is 21.1 Å². The van der Waals surface area contributed by atoms with E-state index in [0.717, 1.165) is 67.3 Å². The minimum absolute atomic E-state index is 0. The second-order valence-corrected chi connectivity index (χ2v) is 14.9. The number of hydrogen-bond donors (Lipinski definition) is 0. The molecule has 0 aliphatic rings. The van der Waals surface area contributed by atoms with Gasteiger partial charge in [0, 0.05) is 18.1 Å². The molecule has 4 aromatic carbocycles. The van der Waals surface area contributed by atoms with E-state index in [1.54, 1.807) is 0 Å². The third kappa shape index (κ3) is 5.74. The molecule has 8 aromatic rings. The van der Waals surface area contributed by atoms with E-state index in [1.165, 1.54) is 16.5 Å². The Morgan fingerprint density at radius 3 is 2.08 bits per heavy atom. The summed E-state index contributed by atoms with van der Waals surface area (Å²) in [6.07, 6.45) is 0. The first-order chi connectivity index (χ1) is 23.0. The molecule has 0 atom stereocenters. The van der Waals surface area contributed by atoms with Crippen molar-refractivity contribution in [2.75, 3.05) is 0 Å². The van der Waals surface area contributed by atoms with Gasteiger partial charge in [-0.05, 0) is 50.7 Å². The van der Waals surface area contributed by atoms with Gasteiger partial charge in [0.1, 0.15) is 0 Å². The molecule has 0 fully saturated rings. The minimum atomic E-state index is -0.0847. The fourth-order valence-electron chi connectivity index (χ4n) is 6.63. The summed E-state index contributed by atoms with van der Waals surface area (Å²) in [6, 6.07) is 42.2. The summed E-state index contributed by atoms with van der Waals surface area (Å²) in [5.41, 5.74) is 11.3. The van der Waals surface area contributed by atoms with Crippen LogP contribution in [0.5, 0.6) is 0 Å². The summed E-state index contributed by atoms with van der Waals surface area (Å²) in [4.78, 5) is 15.6. The Labute approximate surface area is 302 Å². The Kier molecular flexibility index (Phi) is 8.03. The second kappa shape index (κ2) is 12.0. The number of aryl methyl sites for hydroxylation is 1. The summed E-state index contributed by atoms with van der Waals surface area (Å²) >= 11 is 0. The first-order valence-corrected chi connectivity index (χ1v) is 16.6. The van der Waals surface area contributed by atoms with Crippen molar-refractivity contribution in [3.05, 3.63) is 126 Å². The van der Waals surface area contributed by atoms with E-state index < -0.39 is 0 Å². The zero-order valence-corrected chi connectivity index (χ0v) is 31.2. The molecule has 0 saturated heterocycles. The second-order valence-electron chi connectivity index (χ2n) is 14.9. The average molecular weight is 821 g/mol. The fraction of sp³-hybridized carbons (Fsp3) is 0.209. The molecule has 0 unspecified atom stereocenters. The zero-order valence-electron chi connectivity index (χ0n) is 28.9. The van der Waals surface area contributed by atoms with Crippen molar-refractivity contribution in [3.63, 3.8) is 0 Å². The number of imidazole rings is 1. The Morgan fingerprint density at radius 2 is 1.35 bits per heavy atom. The van der Waals surface area contributed by atoms with Gasteiger partial charge in [-0.2, -0.15) is 0 Å². The molecular formula is C43H39N5Pt. The monoisotopic (exact) mass is 820 g/mol. The van der Waals surface area contributed by atoms with Crippen molar-refractivity contribution >= 4 is 33.0 Å². The molecule has 5 nitrogen and oxygen atoms in total. The van der Waals surface area contributed by atoms with Crippen LogP contribution in [-0.2, 0) is 38.9 Å². The molecule has 0 N–H and O–H groups in total. The molecular weight excluding hydrogens is 782 g/mol. The number of pyridine rings is 1. The molecule has 4 aromatic heterocycles. The van der Waals surface area contributed by atoms with Gasteiger partial charge in [-0.15, -0.1) is 23.8 Å². The molecule has 0 aliphatic heterocycles. The number of rotatable bonds is 4. The van der Waals surface area contributed by atoms with Gasteiger partial charge in [0.15, 0.2) is 0 Å². The number of nitrogens with zero attached hydrogens (tertiary/aromatic N) is 5. The Balaban J connectivity index is 0.00000378. The average Bonchev–Trinajstić information content (AvgIpc) is 3.78. The zero-order chi connectivity index (χ0) is 33.4. The van der Waals surface area contributed by atoms with Gasteiger partial charge in [0.05, 0.1) is 22.5 Å². The maximum Gasteiger partial charge on any atom is 2.00 e. The topological polar surface area (TPSA) is 49.7 Å². The van der Waals surface area contributed by atoms with E-state index >= 15 is 0 Å². The van der Waals surface area contributed by atoms with E-state index in [9.17, 15) is 0 Å². The number of aromatic nitrogens is 5. The van der Waals surface area contributed by atoms with E-state index in [0.29, 0.717) is 0 Å². The van der Waals surface area contributed by atoms with Crippen LogP contribution in [0.2, 0.25) is 0 Å². The predicted molar refractivity (Wildman–Crippen MR) is 199 cm³/mol. The van der Waals surface area contributed by atoms with Crippen molar-refractivity contribution in [1.29, 1.82) is 0 Å². The van der Waals surface area contributed by atoms with Gasteiger partial charge in [-0.3, -0.25) is 9.97 Å². The number of para-hydroxylation sites is 2. The number of benzene rings is 4. The maximum absolute atomic E-state index is 5.42. The summed E-state index contributed by atoms with van der Waals surface area (Å²) in [6.45, 7) is 13.5. The quantitative estimate of drug-likeness (QED) is 0.166. The summed E-state index contributed by atoms with van der Waals surface area (Å²) in [5, 5.41) is 2.28. The molecule has 49 heavy (non-hydrogen) atoms. The van der Waals surface area contributed by atoms with Crippen LogP contribution in [0.3, 0.4) is 0 Å². The first kappa shape index (κ1) is 32.8. The van der Waals surface area contributed by atoms with Gasteiger partial charge in [0.25, 0.3) is 0 Å². The first-order valence-electron chi connectivity index (χ1n) is 16.6. The normalized spacial score (nSPS) is 12.2. The SMILES string of the molecule is Cn1c(-c2[c-]c(-c3ccc4c5cc(C(C)(C)C)ccc5n(-c5ccc(-c6ccccc6)[n-]5)c4n3)cc(C(C)(C)C)c2)nc2ccccc21.[Pt+2]. The molecule has 8 rings (SSSR count). The van der Waals surface area contributed by atoms with Crippen LogP contribution in [0.25, 0.3) is 72.7 Å². The van der Waals surface area contributed by atoms with Crippen LogP contribution in [0.15, 0.2) is 109 Å². The Bertz CT molecular complexity index is 2480. The van der Waals surface area contributed by atoms with Gasteiger partial charge in [-0.1, -0.05) is 143 Å². The van der Waals surface area contributed by atoms with Crippen LogP contribution < -0.4 is 4.98 Å². The van der Waals surface area contributed by atoms with E-state index in [2.05, 4.69) is 161 Å². The third-order valence-electron chi connectivity index (χ3n) is 9.44. The standard InChI is InChI=1S/C43H39N5.Pt/c1-42(2,3)30-17-21-37-33(26-30)32-18-19-35(45-41(32)48(37)39-22-20-34(44-39)27-13-9-8-10-14-27)28-23-29(25-31(24-28)43(4,5)6)40-46-36-15-11-12-16-38(36)47(40)7;/h8-22,24-26H,1-7H3;/q-2;+2. The van der Waals surface area contributed by atoms with E-state index in [4.69, 9.17) is 15.0 Å². The summed E-state index contributed by atoms with van der Waals surface area (Å²) in [5.74, 6) is 1.75. The van der Waals surface area contributed by atoms with Crippen LogP contribution in [0, 0.1) is 6.07 Å².